The van der Waals surface area contributed by atoms with Gasteiger partial charge in [-0.15, -0.1) is 0 Å². The second kappa shape index (κ2) is 5.69. The van der Waals surface area contributed by atoms with Crippen molar-refractivity contribution in [2.45, 2.75) is 6.92 Å². The minimum absolute atomic E-state index is 0.0212. The van der Waals surface area contributed by atoms with Gasteiger partial charge in [0.1, 0.15) is 0 Å². The molecule has 1 aliphatic rings. The molecule has 19 heavy (non-hydrogen) atoms. The van der Waals surface area contributed by atoms with Crippen LogP contribution in [0.3, 0.4) is 0 Å². The number of carbonyl (C=O) groups is 2. The van der Waals surface area contributed by atoms with Gasteiger partial charge in [0, 0.05) is 58.0 Å². The van der Waals surface area contributed by atoms with Crippen LogP contribution in [0.4, 0.5) is 0 Å². The molecule has 0 atom stereocenters. The van der Waals surface area contributed by atoms with Crippen molar-refractivity contribution >= 4 is 17.9 Å². The van der Waals surface area contributed by atoms with Crippen LogP contribution in [-0.4, -0.2) is 57.6 Å². The SMILES string of the molecule is CC(=O)N1CCN(C(=O)C=Cc2cnn(C)c2)CC1. The topological polar surface area (TPSA) is 58.4 Å². The zero-order valence-electron chi connectivity index (χ0n) is 11.2. The van der Waals surface area contributed by atoms with Crippen molar-refractivity contribution in [2.24, 2.45) is 7.05 Å². The molecule has 0 radical (unpaired) electrons. The van der Waals surface area contributed by atoms with Crippen molar-refractivity contribution in [1.29, 1.82) is 0 Å². The van der Waals surface area contributed by atoms with E-state index in [2.05, 4.69) is 5.10 Å². The Hall–Kier alpha value is -2.11. The normalized spacial score (nSPS) is 16.1. The van der Waals surface area contributed by atoms with Gasteiger partial charge < -0.3 is 9.80 Å². The van der Waals surface area contributed by atoms with E-state index in [-0.39, 0.29) is 11.8 Å². The highest BCUT2D eigenvalue weighted by Crippen LogP contribution is 2.05. The molecule has 1 fully saturated rings. The molecule has 2 heterocycles. The van der Waals surface area contributed by atoms with Crippen LogP contribution in [0.5, 0.6) is 0 Å². The summed E-state index contributed by atoms with van der Waals surface area (Å²) in [6.07, 6.45) is 6.86. The van der Waals surface area contributed by atoms with Gasteiger partial charge in [-0.05, 0) is 6.08 Å². The summed E-state index contributed by atoms with van der Waals surface area (Å²) in [5.74, 6) is 0.0463. The number of nitrogens with zero attached hydrogens (tertiary/aromatic N) is 4. The maximum absolute atomic E-state index is 12.0. The summed E-state index contributed by atoms with van der Waals surface area (Å²) in [7, 11) is 1.83. The third-order valence-electron chi connectivity index (χ3n) is 3.18. The first-order valence-electron chi connectivity index (χ1n) is 6.27. The van der Waals surface area contributed by atoms with Gasteiger partial charge in [0.15, 0.2) is 0 Å². The molecule has 2 amide bonds. The maximum atomic E-state index is 12.0. The van der Waals surface area contributed by atoms with Crippen LogP contribution in [0, 0.1) is 0 Å². The van der Waals surface area contributed by atoms with E-state index in [1.165, 1.54) is 0 Å². The summed E-state index contributed by atoms with van der Waals surface area (Å²) >= 11 is 0. The third-order valence-corrected chi connectivity index (χ3v) is 3.18. The lowest BCUT2D eigenvalue weighted by molar-refractivity contribution is -0.135. The van der Waals surface area contributed by atoms with E-state index in [4.69, 9.17) is 0 Å². The second-order valence-corrected chi connectivity index (χ2v) is 4.61. The Labute approximate surface area is 112 Å². The highest BCUT2D eigenvalue weighted by molar-refractivity contribution is 5.91. The van der Waals surface area contributed by atoms with Crippen LogP contribution in [0.1, 0.15) is 12.5 Å². The van der Waals surface area contributed by atoms with Gasteiger partial charge in [-0.1, -0.05) is 0 Å². The van der Waals surface area contributed by atoms with Crippen molar-refractivity contribution in [3.63, 3.8) is 0 Å². The average molecular weight is 262 g/mol. The minimum Gasteiger partial charge on any atom is -0.339 e. The number of hydrogen-bond acceptors (Lipinski definition) is 3. The molecular formula is C13H18N4O2. The molecule has 0 unspecified atom stereocenters. The van der Waals surface area contributed by atoms with Crippen molar-refractivity contribution in [1.82, 2.24) is 19.6 Å². The van der Waals surface area contributed by atoms with Gasteiger partial charge >= 0.3 is 0 Å². The Bertz CT molecular complexity index is 498. The lowest BCUT2D eigenvalue weighted by Crippen LogP contribution is -2.49. The average Bonchev–Trinajstić information content (AvgIpc) is 2.82. The van der Waals surface area contributed by atoms with Crippen LogP contribution in [0.2, 0.25) is 0 Å². The molecule has 0 spiro atoms. The molecule has 0 N–H and O–H groups in total. The third kappa shape index (κ3) is 3.43. The zero-order chi connectivity index (χ0) is 13.8. The van der Waals surface area contributed by atoms with E-state index < -0.39 is 0 Å². The van der Waals surface area contributed by atoms with Crippen molar-refractivity contribution < 1.29 is 9.59 Å². The molecule has 2 rings (SSSR count). The number of carbonyl (C=O) groups excluding carboxylic acids is 2. The largest absolute Gasteiger partial charge is 0.339 e. The Balaban J connectivity index is 1.88. The quantitative estimate of drug-likeness (QED) is 0.712. The fourth-order valence-corrected chi connectivity index (χ4v) is 2.04. The highest BCUT2D eigenvalue weighted by atomic mass is 16.2. The number of amides is 2. The molecule has 1 aliphatic heterocycles. The Morgan fingerprint density at radius 3 is 2.37 bits per heavy atom. The summed E-state index contributed by atoms with van der Waals surface area (Å²) in [5.41, 5.74) is 0.901. The van der Waals surface area contributed by atoms with E-state index in [0.29, 0.717) is 26.2 Å². The highest BCUT2D eigenvalue weighted by Gasteiger charge is 2.20. The van der Waals surface area contributed by atoms with Crippen LogP contribution < -0.4 is 0 Å². The molecule has 6 nitrogen and oxygen atoms in total. The molecule has 6 heteroatoms. The summed E-state index contributed by atoms with van der Waals surface area (Å²) in [4.78, 5) is 26.7. The monoisotopic (exact) mass is 262 g/mol. The predicted molar refractivity (Wildman–Crippen MR) is 71.1 cm³/mol. The fourth-order valence-electron chi connectivity index (χ4n) is 2.04. The molecule has 1 saturated heterocycles. The van der Waals surface area contributed by atoms with Crippen LogP contribution in [0.25, 0.3) is 6.08 Å². The zero-order valence-corrected chi connectivity index (χ0v) is 11.2. The van der Waals surface area contributed by atoms with Gasteiger partial charge in [0.2, 0.25) is 11.8 Å². The molecular weight excluding hydrogens is 244 g/mol. The minimum atomic E-state index is -0.0212. The van der Waals surface area contributed by atoms with E-state index in [1.54, 1.807) is 39.8 Å². The van der Waals surface area contributed by atoms with E-state index in [1.807, 2.05) is 13.2 Å². The van der Waals surface area contributed by atoms with Crippen molar-refractivity contribution in [3.8, 4) is 0 Å². The van der Waals surface area contributed by atoms with Gasteiger partial charge in [0.05, 0.1) is 6.20 Å². The van der Waals surface area contributed by atoms with Gasteiger partial charge in [0.25, 0.3) is 0 Å². The molecule has 1 aromatic heterocycles. The standard InChI is InChI=1S/C13H18N4O2/c1-11(18)16-5-7-17(8-6-16)13(19)4-3-12-9-14-15(2)10-12/h3-4,9-10H,5-8H2,1-2H3. The van der Waals surface area contributed by atoms with E-state index >= 15 is 0 Å². The molecule has 0 bridgehead atoms. The van der Waals surface area contributed by atoms with Gasteiger partial charge in [-0.2, -0.15) is 5.10 Å². The lowest BCUT2D eigenvalue weighted by Gasteiger charge is -2.33. The predicted octanol–water partition coefficient (Wildman–Crippen LogP) is 0.124. The Kier molecular flexibility index (Phi) is 3.99. The molecule has 0 aromatic carbocycles. The first-order chi connectivity index (χ1) is 9.06. The van der Waals surface area contributed by atoms with Gasteiger partial charge in [-0.3, -0.25) is 14.3 Å². The fraction of sp³-hybridized carbons (Fsp3) is 0.462. The maximum Gasteiger partial charge on any atom is 0.246 e. The molecule has 0 aliphatic carbocycles. The lowest BCUT2D eigenvalue weighted by atomic mass is 10.2. The van der Waals surface area contributed by atoms with Gasteiger partial charge in [-0.25, -0.2) is 0 Å². The van der Waals surface area contributed by atoms with E-state index in [0.717, 1.165) is 5.56 Å². The Morgan fingerprint density at radius 2 is 1.84 bits per heavy atom. The number of aryl methyl sites for hydroxylation is 1. The summed E-state index contributed by atoms with van der Waals surface area (Å²) < 4.78 is 1.69. The number of piperazine rings is 1. The number of aromatic nitrogens is 2. The Morgan fingerprint density at radius 1 is 1.21 bits per heavy atom. The summed E-state index contributed by atoms with van der Waals surface area (Å²) in [6.45, 7) is 3.97. The molecule has 1 aromatic rings. The van der Waals surface area contributed by atoms with Crippen LogP contribution in [-0.2, 0) is 16.6 Å². The second-order valence-electron chi connectivity index (χ2n) is 4.61. The van der Waals surface area contributed by atoms with Crippen molar-refractivity contribution in [3.05, 3.63) is 24.0 Å². The molecule has 0 saturated carbocycles. The smallest absolute Gasteiger partial charge is 0.246 e. The first-order valence-corrected chi connectivity index (χ1v) is 6.27. The number of hydrogen-bond donors (Lipinski definition) is 0. The first kappa shape index (κ1) is 13.3. The van der Waals surface area contributed by atoms with E-state index in [9.17, 15) is 9.59 Å². The summed E-state index contributed by atoms with van der Waals surface area (Å²) in [5, 5.41) is 4.03. The van der Waals surface area contributed by atoms with Crippen LogP contribution >= 0.6 is 0 Å². The van der Waals surface area contributed by atoms with Crippen LogP contribution in [0.15, 0.2) is 18.5 Å². The molecule has 102 valence electrons. The van der Waals surface area contributed by atoms with Crippen molar-refractivity contribution in [2.75, 3.05) is 26.2 Å². The summed E-state index contributed by atoms with van der Waals surface area (Å²) in [6, 6.07) is 0. The number of rotatable bonds is 2.